The second kappa shape index (κ2) is 6.71. The molecule has 4 heterocycles. The van der Waals surface area contributed by atoms with Gasteiger partial charge in [-0.3, -0.25) is 4.79 Å². The quantitative estimate of drug-likeness (QED) is 0.545. The molecular weight excluding hydrogens is 403 g/mol. The number of nitrogens with zero attached hydrogens (tertiary/aromatic N) is 4. The van der Waals surface area contributed by atoms with Crippen molar-refractivity contribution in [1.82, 2.24) is 24.8 Å². The first kappa shape index (κ1) is 18.4. The van der Waals surface area contributed by atoms with E-state index in [0.29, 0.717) is 28.8 Å². The number of nitrogens with one attached hydrogen (secondary N) is 1. The maximum Gasteiger partial charge on any atom is 0.292 e. The van der Waals surface area contributed by atoms with E-state index in [1.54, 1.807) is 6.92 Å². The molecule has 1 atom stereocenters. The van der Waals surface area contributed by atoms with Crippen LogP contribution in [-0.2, 0) is 6.42 Å². The fraction of sp³-hybridized carbons (Fsp3) is 0.263. The number of aromatic amines is 1. The summed E-state index contributed by atoms with van der Waals surface area (Å²) in [5.74, 6) is -1.68. The Morgan fingerprint density at radius 1 is 1.33 bits per heavy atom. The first-order chi connectivity index (χ1) is 14.5. The Balaban J connectivity index is 1.64. The number of H-pyrrole nitrogens is 1. The van der Waals surface area contributed by atoms with Crippen LogP contribution in [0.25, 0.3) is 11.1 Å². The summed E-state index contributed by atoms with van der Waals surface area (Å²) in [6, 6.07) is 1.80. The topological polar surface area (TPSA) is 101 Å². The molecule has 1 amide bonds. The van der Waals surface area contributed by atoms with Crippen LogP contribution in [0.4, 0.5) is 13.2 Å². The highest BCUT2D eigenvalue weighted by Gasteiger charge is 2.40. The SMILES string of the molecule is Cc1c(F)ccc2oc([C@@H]3c4nc[nH]c4CCN3C(=O)c3ocnc3C(F)F)nc12. The van der Waals surface area contributed by atoms with E-state index in [4.69, 9.17) is 8.83 Å². The average molecular weight is 417 g/mol. The zero-order valence-corrected chi connectivity index (χ0v) is 15.5. The van der Waals surface area contributed by atoms with E-state index in [9.17, 15) is 18.0 Å². The van der Waals surface area contributed by atoms with Crippen molar-refractivity contribution in [3.8, 4) is 0 Å². The maximum absolute atomic E-state index is 13.9. The molecule has 3 aromatic heterocycles. The van der Waals surface area contributed by atoms with E-state index < -0.39 is 35.6 Å². The van der Waals surface area contributed by atoms with Crippen LogP contribution < -0.4 is 0 Å². The molecule has 0 unspecified atom stereocenters. The molecule has 1 N–H and O–H groups in total. The van der Waals surface area contributed by atoms with Crippen LogP contribution in [-0.4, -0.2) is 37.3 Å². The first-order valence-electron chi connectivity index (χ1n) is 9.06. The summed E-state index contributed by atoms with van der Waals surface area (Å²) < 4.78 is 51.2. The predicted octanol–water partition coefficient (Wildman–Crippen LogP) is 3.71. The molecule has 0 saturated carbocycles. The lowest BCUT2D eigenvalue weighted by Gasteiger charge is -2.32. The van der Waals surface area contributed by atoms with Gasteiger partial charge in [-0.2, -0.15) is 0 Å². The number of aryl methyl sites for hydroxylation is 1. The van der Waals surface area contributed by atoms with Crippen molar-refractivity contribution < 1.29 is 26.8 Å². The number of aromatic nitrogens is 4. The number of carbonyl (C=O) groups excluding carboxylic acids is 1. The highest BCUT2D eigenvalue weighted by molar-refractivity contribution is 5.93. The van der Waals surface area contributed by atoms with E-state index in [2.05, 4.69) is 19.9 Å². The minimum absolute atomic E-state index is 0.0956. The van der Waals surface area contributed by atoms with Crippen molar-refractivity contribution in [1.29, 1.82) is 0 Å². The van der Waals surface area contributed by atoms with Crippen LogP contribution >= 0.6 is 0 Å². The normalized spacial score (nSPS) is 16.4. The largest absolute Gasteiger partial charge is 0.438 e. The van der Waals surface area contributed by atoms with Gasteiger partial charge in [0.15, 0.2) is 23.7 Å². The fourth-order valence-electron chi connectivity index (χ4n) is 3.68. The highest BCUT2D eigenvalue weighted by Crippen LogP contribution is 2.37. The third-order valence-electron chi connectivity index (χ3n) is 5.18. The Morgan fingerprint density at radius 2 is 2.17 bits per heavy atom. The van der Waals surface area contributed by atoms with Crippen LogP contribution in [0.3, 0.4) is 0 Å². The van der Waals surface area contributed by atoms with Gasteiger partial charge in [-0.15, -0.1) is 0 Å². The molecule has 11 heteroatoms. The van der Waals surface area contributed by atoms with E-state index in [-0.39, 0.29) is 12.4 Å². The molecule has 8 nitrogen and oxygen atoms in total. The number of oxazole rings is 2. The average Bonchev–Trinajstić information content (AvgIpc) is 3.48. The number of amides is 1. The van der Waals surface area contributed by atoms with Crippen molar-refractivity contribution in [2.24, 2.45) is 0 Å². The molecule has 1 aliphatic rings. The molecule has 0 aliphatic carbocycles. The van der Waals surface area contributed by atoms with Gasteiger partial charge in [0.2, 0.25) is 11.7 Å². The molecular formula is C19H14F3N5O3. The predicted molar refractivity (Wildman–Crippen MR) is 95.3 cm³/mol. The van der Waals surface area contributed by atoms with Gasteiger partial charge < -0.3 is 18.7 Å². The third kappa shape index (κ3) is 2.69. The van der Waals surface area contributed by atoms with Gasteiger partial charge in [0.1, 0.15) is 11.3 Å². The summed E-state index contributed by atoms with van der Waals surface area (Å²) in [5, 5.41) is 0. The molecule has 30 heavy (non-hydrogen) atoms. The third-order valence-corrected chi connectivity index (χ3v) is 5.18. The monoisotopic (exact) mass is 417 g/mol. The second-order valence-electron chi connectivity index (χ2n) is 6.86. The Bertz CT molecular complexity index is 1260. The van der Waals surface area contributed by atoms with E-state index in [0.717, 1.165) is 12.1 Å². The summed E-state index contributed by atoms with van der Waals surface area (Å²) >= 11 is 0. The van der Waals surface area contributed by atoms with Crippen LogP contribution in [0.1, 0.15) is 51.6 Å². The highest BCUT2D eigenvalue weighted by atomic mass is 19.3. The first-order valence-corrected chi connectivity index (χ1v) is 9.06. The number of halogens is 3. The number of carbonyl (C=O) groups is 1. The Morgan fingerprint density at radius 3 is 2.97 bits per heavy atom. The standard InChI is InChI=1S/C19H14F3N5O3/c1-8-9(20)2-3-11-12(8)26-18(30-11)15-13-10(23-6-24-13)4-5-27(15)19(28)16-14(17(21)22)25-7-29-16/h2-3,6-7,15,17H,4-5H2,1H3,(H,23,24)/t15-/m0/s1. The molecule has 0 saturated heterocycles. The molecule has 154 valence electrons. The minimum atomic E-state index is -2.97. The Hall–Kier alpha value is -3.63. The lowest BCUT2D eigenvalue weighted by molar-refractivity contribution is 0.0620. The molecule has 0 radical (unpaired) electrons. The van der Waals surface area contributed by atoms with E-state index in [1.165, 1.54) is 23.4 Å². The molecule has 1 aliphatic heterocycles. The van der Waals surface area contributed by atoms with Crippen LogP contribution in [0, 0.1) is 12.7 Å². The molecule has 0 spiro atoms. The number of rotatable bonds is 3. The number of fused-ring (bicyclic) bond motifs is 2. The van der Waals surface area contributed by atoms with Crippen LogP contribution in [0.2, 0.25) is 0 Å². The lowest BCUT2D eigenvalue weighted by atomic mass is 10.0. The summed E-state index contributed by atoms with van der Waals surface area (Å²) in [6.07, 6.45) is -0.275. The smallest absolute Gasteiger partial charge is 0.292 e. The zero-order chi connectivity index (χ0) is 21.0. The number of benzene rings is 1. The van der Waals surface area contributed by atoms with Gasteiger partial charge >= 0.3 is 0 Å². The van der Waals surface area contributed by atoms with Gasteiger partial charge in [-0.05, 0) is 19.1 Å². The molecule has 0 fully saturated rings. The van der Waals surface area contributed by atoms with Crippen LogP contribution in [0.5, 0.6) is 0 Å². The van der Waals surface area contributed by atoms with Gasteiger partial charge in [-0.1, -0.05) is 0 Å². The van der Waals surface area contributed by atoms with Crippen molar-refractivity contribution in [3.63, 3.8) is 0 Å². The second-order valence-corrected chi connectivity index (χ2v) is 6.86. The van der Waals surface area contributed by atoms with E-state index >= 15 is 0 Å². The minimum Gasteiger partial charge on any atom is -0.438 e. The molecule has 1 aromatic carbocycles. The summed E-state index contributed by atoms with van der Waals surface area (Å²) in [4.78, 5) is 29.6. The van der Waals surface area contributed by atoms with E-state index in [1.807, 2.05) is 0 Å². The molecule has 5 rings (SSSR count). The Labute approximate surface area is 166 Å². The summed E-state index contributed by atoms with van der Waals surface area (Å²) in [5.41, 5.74) is 1.45. The number of alkyl halides is 2. The number of imidazole rings is 1. The van der Waals surface area contributed by atoms with Crippen LogP contribution in [0.15, 0.2) is 33.7 Å². The summed E-state index contributed by atoms with van der Waals surface area (Å²) in [7, 11) is 0. The lowest BCUT2D eigenvalue weighted by Crippen LogP contribution is -2.41. The summed E-state index contributed by atoms with van der Waals surface area (Å²) in [6.45, 7) is 1.74. The molecule has 4 aromatic rings. The van der Waals surface area contributed by atoms with Gasteiger partial charge in [0.05, 0.1) is 12.0 Å². The van der Waals surface area contributed by atoms with Crippen molar-refractivity contribution in [2.75, 3.05) is 6.54 Å². The van der Waals surface area contributed by atoms with Crippen molar-refractivity contribution in [2.45, 2.75) is 25.8 Å². The van der Waals surface area contributed by atoms with Gasteiger partial charge in [-0.25, -0.2) is 28.1 Å². The number of hydrogen-bond donors (Lipinski definition) is 1. The fourth-order valence-corrected chi connectivity index (χ4v) is 3.68. The molecule has 0 bridgehead atoms. The van der Waals surface area contributed by atoms with Crippen molar-refractivity contribution >= 4 is 17.0 Å². The number of hydrogen-bond acceptors (Lipinski definition) is 6. The zero-order valence-electron chi connectivity index (χ0n) is 15.5. The van der Waals surface area contributed by atoms with Gasteiger partial charge in [0.25, 0.3) is 12.3 Å². The maximum atomic E-state index is 13.9. The Kier molecular flexibility index (Phi) is 4.12. The van der Waals surface area contributed by atoms with Crippen molar-refractivity contribution in [3.05, 3.63) is 65.0 Å². The van der Waals surface area contributed by atoms with Gasteiger partial charge in [0, 0.05) is 24.2 Å².